The number of epoxide rings is 1. The Bertz CT molecular complexity index is 1630. The molecule has 1 heterocycles. The highest BCUT2D eigenvalue weighted by molar-refractivity contribution is 6.14. The maximum Gasteiger partial charge on any atom is 0.250 e. The number of aryl methyl sites for hydroxylation is 1. The van der Waals surface area contributed by atoms with Crippen molar-refractivity contribution in [2.24, 2.45) is 23.3 Å². The number of fused-ring (bicyclic) bond motifs is 2. The number of Topliss-reactive ketones (excluding diaryl/α,β-unsaturated/α-hetero) is 1. The summed E-state index contributed by atoms with van der Waals surface area (Å²) >= 11 is 0. The van der Waals surface area contributed by atoms with Crippen LogP contribution in [-0.4, -0.2) is 83.4 Å². The molecule has 45 heavy (non-hydrogen) atoms. The number of aliphatic hydroxyl groups excluding tert-OH is 2. The van der Waals surface area contributed by atoms with Gasteiger partial charge in [-0.05, 0) is 88.2 Å². The highest BCUT2D eigenvalue weighted by Gasteiger charge is 2.75. The van der Waals surface area contributed by atoms with Gasteiger partial charge in [-0.2, -0.15) is 0 Å². The molecule has 1 aliphatic heterocycles. The van der Waals surface area contributed by atoms with Crippen molar-refractivity contribution in [3.05, 3.63) is 81.3 Å². The Balaban J connectivity index is 1.34. The van der Waals surface area contributed by atoms with Gasteiger partial charge in [-0.1, -0.05) is 30.3 Å². The van der Waals surface area contributed by atoms with Crippen LogP contribution in [0.4, 0.5) is 5.69 Å². The number of rotatable bonds is 9. The van der Waals surface area contributed by atoms with Gasteiger partial charge in [-0.25, -0.2) is 0 Å². The van der Waals surface area contributed by atoms with E-state index in [4.69, 9.17) is 16.2 Å². The summed E-state index contributed by atoms with van der Waals surface area (Å²) in [7, 11) is 7.39. The molecular weight excluding hydrogens is 572 g/mol. The van der Waals surface area contributed by atoms with E-state index >= 15 is 0 Å². The zero-order valence-corrected chi connectivity index (χ0v) is 26.6. The number of likely N-dealkylation sites (N-methyl/N-ethyl adjacent to an activating group) is 1. The predicted octanol–water partition coefficient (Wildman–Crippen LogP) is 3.31. The number of phenols is 1. The van der Waals surface area contributed by atoms with E-state index in [-0.39, 0.29) is 39.9 Å². The molecule has 1 amide bonds. The summed E-state index contributed by atoms with van der Waals surface area (Å²) in [6.07, 6.45) is 2.61. The lowest BCUT2D eigenvalue weighted by Gasteiger charge is -2.45. The van der Waals surface area contributed by atoms with Crippen molar-refractivity contribution in [2.45, 2.75) is 68.7 Å². The molecule has 2 aromatic rings. The SMILES string of the molecule is CN(C)c1cc(CCCC(C)(N)Cc2ccccc2)c(O)c2c1C[C@H]1C[C@H]3[C@H](N(C)C)C(O)=C(C(N)=O)C4O[C@@]43C(O)=C1C2=O. The molecule has 2 unspecified atom stereocenters. The number of aliphatic hydroxyl groups is 2. The van der Waals surface area contributed by atoms with Crippen LogP contribution in [0.1, 0.15) is 53.2 Å². The Morgan fingerprint density at radius 2 is 1.82 bits per heavy atom. The lowest BCUT2D eigenvalue weighted by atomic mass is 9.61. The van der Waals surface area contributed by atoms with Crippen molar-refractivity contribution >= 4 is 17.4 Å². The molecule has 0 radical (unpaired) electrons. The van der Waals surface area contributed by atoms with E-state index in [9.17, 15) is 24.9 Å². The molecule has 0 saturated carbocycles. The Labute approximate surface area is 263 Å². The predicted molar refractivity (Wildman–Crippen MR) is 171 cm³/mol. The van der Waals surface area contributed by atoms with Crippen molar-refractivity contribution in [1.82, 2.24) is 4.90 Å². The topological polar surface area (TPSA) is 166 Å². The first-order valence-electron chi connectivity index (χ1n) is 15.6. The monoisotopic (exact) mass is 616 g/mol. The molecule has 10 heteroatoms. The third kappa shape index (κ3) is 4.90. The van der Waals surface area contributed by atoms with Crippen molar-refractivity contribution < 1.29 is 29.6 Å². The van der Waals surface area contributed by atoms with Gasteiger partial charge < -0.3 is 36.4 Å². The van der Waals surface area contributed by atoms with E-state index in [1.807, 2.05) is 50.2 Å². The number of phenolic OH excluding ortho intramolecular Hbond substituents is 1. The van der Waals surface area contributed by atoms with E-state index in [0.29, 0.717) is 31.2 Å². The van der Waals surface area contributed by atoms with Gasteiger partial charge in [0.25, 0.3) is 5.91 Å². The standard InChI is InChI=1S/C35H44N4O6/c1-34(37,17-18-10-7-6-8-11-18)13-9-12-19-16-23(38(2)3)21-14-20-15-22-27(39(4)5)30(42)26(33(36)44)32-35(22,45-32)31(43)24(20)29(41)25(21)28(19)40/h6-8,10-11,16,20,22,27,32,40,42-43H,9,12-15,17,37H2,1-5H3,(H2,36,44)/t20-,22-,27-,32?,34?,35-/m0/s1. The van der Waals surface area contributed by atoms with E-state index in [2.05, 4.69) is 12.1 Å². The normalized spacial score (nSPS) is 28.2. The van der Waals surface area contributed by atoms with Gasteiger partial charge >= 0.3 is 0 Å². The maximum absolute atomic E-state index is 14.3. The number of ether oxygens (including phenoxy) is 1. The summed E-state index contributed by atoms with van der Waals surface area (Å²) < 4.78 is 6.05. The number of nitrogens with two attached hydrogens (primary N) is 2. The van der Waals surface area contributed by atoms with Crippen LogP contribution in [-0.2, 0) is 28.8 Å². The fraction of sp³-hybridized carbons (Fsp3) is 0.486. The summed E-state index contributed by atoms with van der Waals surface area (Å²) in [5, 5.41) is 34.6. The molecule has 1 spiro atoms. The zero-order valence-electron chi connectivity index (χ0n) is 26.6. The molecule has 7 N–H and O–H groups in total. The third-order valence-electron chi connectivity index (χ3n) is 10.3. The van der Waals surface area contributed by atoms with Crippen molar-refractivity contribution in [1.29, 1.82) is 0 Å². The molecule has 1 saturated heterocycles. The highest BCUT2D eigenvalue weighted by atomic mass is 16.6. The molecule has 4 aliphatic rings. The summed E-state index contributed by atoms with van der Waals surface area (Å²) in [5.41, 5.74) is 14.3. The number of allylic oxidation sites excluding steroid dienone is 1. The number of hydrogen-bond acceptors (Lipinski definition) is 9. The fourth-order valence-electron chi connectivity index (χ4n) is 8.27. The Hall–Kier alpha value is -3.86. The molecule has 6 rings (SSSR count). The molecule has 240 valence electrons. The number of carbonyl (C=O) groups is 2. The van der Waals surface area contributed by atoms with Crippen molar-refractivity contribution in [2.75, 3.05) is 33.1 Å². The Morgan fingerprint density at radius 3 is 2.44 bits per heavy atom. The molecule has 6 atom stereocenters. The second-order valence-electron chi connectivity index (χ2n) is 14.0. The van der Waals surface area contributed by atoms with E-state index in [1.54, 1.807) is 19.0 Å². The van der Waals surface area contributed by atoms with E-state index in [0.717, 1.165) is 24.1 Å². The van der Waals surface area contributed by atoms with Crippen LogP contribution in [0.15, 0.2) is 59.1 Å². The van der Waals surface area contributed by atoms with Gasteiger partial charge in [0.05, 0.1) is 17.2 Å². The number of carbonyl (C=O) groups excluding carboxylic acids is 2. The van der Waals surface area contributed by atoms with Crippen LogP contribution in [0.5, 0.6) is 5.75 Å². The number of anilines is 1. The average molecular weight is 617 g/mol. The minimum absolute atomic E-state index is 0.0702. The number of ketones is 1. The quantitative estimate of drug-likeness (QED) is 0.266. The summed E-state index contributed by atoms with van der Waals surface area (Å²) in [6, 6.07) is 11.4. The number of benzene rings is 2. The average Bonchev–Trinajstić information content (AvgIpc) is 3.69. The van der Waals surface area contributed by atoms with Crippen molar-refractivity contribution in [3.8, 4) is 5.75 Å². The fourth-order valence-corrected chi connectivity index (χ4v) is 8.27. The minimum Gasteiger partial charge on any atom is -0.510 e. The molecule has 0 aromatic heterocycles. The first kappa shape index (κ1) is 31.1. The van der Waals surface area contributed by atoms with Crippen LogP contribution in [0, 0.1) is 11.8 Å². The van der Waals surface area contributed by atoms with Crippen LogP contribution in [0.25, 0.3) is 0 Å². The largest absolute Gasteiger partial charge is 0.510 e. The van der Waals surface area contributed by atoms with Gasteiger partial charge in [0.2, 0.25) is 0 Å². The summed E-state index contributed by atoms with van der Waals surface area (Å²) in [5.74, 6) is -2.48. The smallest absolute Gasteiger partial charge is 0.250 e. The van der Waals surface area contributed by atoms with E-state index in [1.165, 1.54) is 5.56 Å². The highest BCUT2D eigenvalue weighted by Crippen LogP contribution is 2.63. The van der Waals surface area contributed by atoms with Gasteiger partial charge in [0, 0.05) is 36.8 Å². The first-order valence-corrected chi connectivity index (χ1v) is 15.6. The van der Waals surface area contributed by atoms with Crippen LogP contribution in [0.3, 0.4) is 0 Å². The second kappa shape index (κ2) is 10.9. The lowest BCUT2D eigenvalue weighted by Crippen LogP contribution is -2.54. The number of primary amides is 1. The lowest BCUT2D eigenvalue weighted by molar-refractivity contribution is -0.115. The van der Waals surface area contributed by atoms with Gasteiger partial charge in [-0.15, -0.1) is 0 Å². The number of nitrogens with zero attached hydrogens (tertiary/aromatic N) is 2. The first-order chi connectivity index (χ1) is 21.2. The van der Waals surface area contributed by atoms with Gasteiger partial charge in [0.15, 0.2) is 11.4 Å². The zero-order chi connectivity index (χ0) is 32.6. The molecule has 10 nitrogen and oxygen atoms in total. The van der Waals surface area contributed by atoms with Crippen LogP contribution < -0.4 is 16.4 Å². The molecule has 3 aliphatic carbocycles. The van der Waals surface area contributed by atoms with E-state index < -0.39 is 40.9 Å². The van der Waals surface area contributed by atoms with Gasteiger partial charge in [-0.3, -0.25) is 14.5 Å². The molecule has 1 fully saturated rings. The maximum atomic E-state index is 14.3. The minimum atomic E-state index is -1.33. The van der Waals surface area contributed by atoms with Crippen LogP contribution in [0.2, 0.25) is 0 Å². The van der Waals surface area contributed by atoms with Crippen molar-refractivity contribution in [3.63, 3.8) is 0 Å². The number of hydrogen-bond donors (Lipinski definition) is 5. The molecule has 0 bridgehead atoms. The number of aromatic hydroxyl groups is 1. The number of amides is 1. The Morgan fingerprint density at radius 1 is 1.13 bits per heavy atom. The second-order valence-corrected chi connectivity index (χ2v) is 14.0. The molecular formula is C35H44N4O6. The summed E-state index contributed by atoms with van der Waals surface area (Å²) in [4.78, 5) is 30.5. The summed E-state index contributed by atoms with van der Waals surface area (Å²) in [6.45, 7) is 2.03. The van der Waals surface area contributed by atoms with Crippen LogP contribution >= 0.6 is 0 Å². The molecule has 2 aromatic carbocycles. The Kier molecular flexibility index (Phi) is 7.54. The van der Waals surface area contributed by atoms with Gasteiger partial charge in [0.1, 0.15) is 23.4 Å². The third-order valence-corrected chi connectivity index (χ3v) is 10.3.